The second-order valence-electron chi connectivity index (χ2n) is 3.36. The summed E-state index contributed by atoms with van der Waals surface area (Å²) in [5, 5.41) is 8.54. The number of carboxylic acids is 1. The highest BCUT2D eigenvalue weighted by atomic mass is 16.4. The zero-order valence-electron chi connectivity index (χ0n) is 7.54. The van der Waals surface area contributed by atoms with Gasteiger partial charge in [-0.3, -0.25) is 9.59 Å². The molecule has 0 aromatic carbocycles. The van der Waals surface area contributed by atoms with Crippen LogP contribution in [0.25, 0.3) is 0 Å². The Bertz CT molecular complexity index is 436. The molecule has 0 saturated carbocycles. The Kier molecular flexibility index (Phi) is 2.07. The van der Waals surface area contributed by atoms with E-state index in [2.05, 4.69) is 9.97 Å². The Morgan fingerprint density at radius 2 is 2.29 bits per heavy atom. The van der Waals surface area contributed by atoms with Crippen molar-refractivity contribution in [3.63, 3.8) is 0 Å². The fourth-order valence-corrected chi connectivity index (χ4v) is 1.72. The Morgan fingerprint density at radius 3 is 3.00 bits per heavy atom. The number of hydrogen-bond acceptors (Lipinski definition) is 3. The fourth-order valence-electron chi connectivity index (χ4n) is 1.72. The lowest BCUT2D eigenvalue weighted by Gasteiger charge is -2.00. The number of nitrogens with zero attached hydrogens (tertiary/aromatic N) is 1. The van der Waals surface area contributed by atoms with Gasteiger partial charge in [0, 0.05) is 5.56 Å². The summed E-state index contributed by atoms with van der Waals surface area (Å²) in [4.78, 5) is 28.5. The van der Waals surface area contributed by atoms with Crippen LogP contribution in [0.5, 0.6) is 0 Å². The van der Waals surface area contributed by atoms with Gasteiger partial charge >= 0.3 is 5.97 Å². The van der Waals surface area contributed by atoms with E-state index >= 15 is 0 Å². The number of fused-ring (bicyclic) bond motifs is 1. The van der Waals surface area contributed by atoms with Crippen molar-refractivity contribution in [1.82, 2.24) is 9.97 Å². The van der Waals surface area contributed by atoms with Gasteiger partial charge in [0.1, 0.15) is 12.2 Å². The number of carbonyl (C=O) groups is 1. The minimum Gasteiger partial charge on any atom is -0.481 e. The second-order valence-corrected chi connectivity index (χ2v) is 3.36. The first kappa shape index (κ1) is 8.93. The molecule has 0 fully saturated rings. The quantitative estimate of drug-likeness (QED) is 0.687. The van der Waals surface area contributed by atoms with Crippen LogP contribution in [-0.4, -0.2) is 21.0 Å². The van der Waals surface area contributed by atoms with Crippen molar-refractivity contribution in [2.75, 3.05) is 0 Å². The zero-order chi connectivity index (χ0) is 10.1. The molecule has 74 valence electrons. The number of aromatic amines is 1. The van der Waals surface area contributed by atoms with Gasteiger partial charge in [-0.15, -0.1) is 0 Å². The molecule has 1 aliphatic carbocycles. The largest absolute Gasteiger partial charge is 0.481 e. The lowest BCUT2D eigenvalue weighted by atomic mass is 10.2. The van der Waals surface area contributed by atoms with Crippen molar-refractivity contribution in [3.8, 4) is 0 Å². The number of hydrogen-bond donors (Lipinski definition) is 2. The highest BCUT2D eigenvalue weighted by Crippen LogP contribution is 2.15. The average molecular weight is 194 g/mol. The van der Waals surface area contributed by atoms with E-state index in [0.717, 1.165) is 30.5 Å². The lowest BCUT2D eigenvalue weighted by molar-refractivity contribution is -0.136. The SMILES string of the molecule is O=C(O)Cc1nc2c(c(=O)[nH]1)CCC2. The molecule has 1 aliphatic rings. The molecular formula is C9H10N2O3. The number of rotatable bonds is 2. The highest BCUT2D eigenvalue weighted by molar-refractivity contribution is 5.68. The standard InChI is InChI=1S/C9H10N2O3/c12-8(13)4-7-10-6-3-1-2-5(6)9(14)11-7/h1-4H2,(H,12,13)(H,10,11,14). The van der Waals surface area contributed by atoms with E-state index in [-0.39, 0.29) is 17.8 Å². The number of aryl methyl sites for hydroxylation is 1. The predicted octanol–water partition coefficient (Wildman–Crippen LogP) is -0.114. The molecule has 0 amide bonds. The molecule has 0 radical (unpaired) electrons. The van der Waals surface area contributed by atoms with Crippen molar-refractivity contribution in [2.24, 2.45) is 0 Å². The van der Waals surface area contributed by atoms with E-state index in [9.17, 15) is 9.59 Å². The van der Waals surface area contributed by atoms with Gasteiger partial charge in [-0.05, 0) is 19.3 Å². The number of nitrogens with one attached hydrogen (secondary N) is 1. The molecule has 0 aliphatic heterocycles. The van der Waals surface area contributed by atoms with Crippen molar-refractivity contribution in [3.05, 3.63) is 27.4 Å². The Labute approximate surface area is 79.8 Å². The third kappa shape index (κ3) is 1.53. The number of H-pyrrole nitrogens is 1. The van der Waals surface area contributed by atoms with Crippen LogP contribution in [0.4, 0.5) is 0 Å². The summed E-state index contributed by atoms with van der Waals surface area (Å²) in [5.41, 5.74) is 1.31. The summed E-state index contributed by atoms with van der Waals surface area (Å²) >= 11 is 0. The van der Waals surface area contributed by atoms with Crippen LogP contribution in [-0.2, 0) is 24.1 Å². The molecule has 0 unspecified atom stereocenters. The van der Waals surface area contributed by atoms with Crippen LogP contribution in [0.2, 0.25) is 0 Å². The lowest BCUT2D eigenvalue weighted by Crippen LogP contribution is -2.18. The summed E-state index contributed by atoms with van der Waals surface area (Å²) in [7, 11) is 0. The van der Waals surface area contributed by atoms with Gasteiger partial charge in [-0.1, -0.05) is 0 Å². The number of carboxylic acid groups (broad SMARTS) is 1. The molecule has 1 aromatic rings. The van der Waals surface area contributed by atoms with E-state index in [1.54, 1.807) is 0 Å². The summed E-state index contributed by atoms with van der Waals surface area (Å²) in [6, 6.07) is 0. The Hall–Kier alpha value is -1.65. The molecule has 1 heterocycles. The Balaban J connectivity index is 2.42. The maximum atomic E-state index is 11.4. The van der Waals surface area contributed by atoms with Crippen LogP contribution in [0.3, 0.4) is 0 Å². The first-order valence-electron chi connectivity index (χ1n) is 4.49. The van der Waals surface area contributed by atoms with Gasteiger partial charge in [0.2, 0.25) is 0 Å². The molecule has 5 nitrogen and oxygen atoms in total. The normalized spacial score (nSPS) is 14.0. The van der Waals surface area contributed by atoms with E-state index in [1.165, 1.54) is 0 Å². The van der Waals surface area contributed by atoms with E-state index in [1.807, 2.05) is 0 Å². The zero-order valence-corrected chi connectivity index (χ0v) is 7.54. The summed E-state index contributed by atoms with van der Waals surface area (Å²) in [6.07, 6.45) is 2.25. The van der Waals surface area contributed by atoms with E-state index in [0.29, 0.717) is 0 Å². The van der Waals surface area contributed by atoms with Crippen molar-refractivity contribution < 1.29 is 9.90 Å². The predicted molar refractivity (Wildman–Crippen MR) is 48.2 cm³/mol. The molecule has 0 saturated heterocycles. The van der Waals surface area contributed by atoms with Crippen LogP contribution in [0.1, 0.15) is 23.5 Å². The molecule has 0 atom stereocenters. The molecule has 2 rings (SSSR count). The summed E-state index contributed by atoms with van der Waals surface area (Å²) < 4.78 is 0. The van der Waals surface area contributed by atoms with Crippen LogP contribution < -0.4 is 5.56 Å². The average Bonchev–Trinajstić information content (AvgIpc) is 2.50. The van der Waals surface area contributed by atoms with E-state index < -0.39 is 5.97 Å². The van der Waals surface area contributed by atoms with Gasteiger partial charge in [-0.2, -0.15) is 0 Å². The van der Waals surface area contributed by atoms with Gasteiger partial charge in [0.05, 0.1) is 5.69 Å². The minimum absolute atomic E-state index is 0.177. The van der Waals surface area contributed by atoms with Crippen molar-refractivity contribution >= 4 is 5.97 Å². The molecule has 1 aromatic heterocycles. The summed E-state index contributed by atoms with van der Waals surface area (Å²) in [5.74, 6) is -0.728. The molecular weight excluding hydrogens is 184 g/mol. The topological polar surface area (TPSA) is 83.0 Å². The minimum atomic E-state index is -0.980. The highest BCUT2D eigenvalue weighted by Gasteiger charge is 2.17. The first-order chi connectivity index (χ1) is 6.66. The van der Waals surface area contributed by atoms with Crippen LogP contribution in [0.15, 0.2) is 4.79 Å². The smallest absolute Gasteiger partial charge is 0.311 e. The van der Waals surface area contributed by atoms with Gasteiger partial charge in [-0.25, -0.2) is 4.98 Å². The molecule has 5 heteroatoms. The summed E-state index contributed by atoms with van der Waals surface area (Å²) in [6.45, 7) is 0. The Morgan fingerprint density at radius 1 is 1.50 bits per heavy atom. The third-order valence-electron chi connectivity index (χ3n) is 2.31. The molecule has 14 heavy (non-hydrogen) atoms. The molecule has 0 spiro atoms. The maximum Gasteiger partial charge on any atom is 0.311 e. The molecule has 2 N–H and O–H groups in total. The van der Waals surface area contributed by atoms with Crippen LogP contribution >= 0.6 is 0 Å². The fraction of sp³-hybridized carbons (Fsp3) is 0.444. The van der Waals surface area contributed by atoms with Crippen LogP contribution in [0, 0.1) is 0 Å². The molecule has 0 bridgehead atoms. The van der Waals surface area contributed by atoms with E-state index in [4.69, 9.17) is 5.11 Å². The maximum absolute atomic E-state index is 11.4. The second kappa shape index (κ2) is 3.25. The first-order valence-corrected chi connectivity index (χ1v) is 4.49. The number of aromatic nitrogens is 2. The van der Waals surface area contributed by atoms with Crippen molar-refractivity contribution in [2.45, 2.75) is 25.7 Å². The van der Waals surface area contributed by atoms with Crippen molar-refractivity contribution in [1.29, 1.82) is 0 Å². The monoisotopic (exact) mass is 194 g/mol. The number of aliphatic carboxylic acids is 1. The third-order valence-corrected chi connectivity index (χ3v) is 2.31. The van der Waals surface area contributed by atoms with Gasteiger partial charge < -0.3 is 10.1 Å². The van der Waals surface area contributed by atoms with Gasteiger partial charge in [0.15, 0.2) is 0 Å². The van der Waals surface area contributed by atoms with Gasteiger partial charge in [0.25, 0.3) is 5.56 Å².